The van der Waals surface area contributed by atoms with E-state index in [4.69, 9.17) is 15.0 Å². The molecule has 45 heavy (non-hydrogen) atoms. The third-order valence-corrected chi connectivity index (χ3v) is 8.08. The van der Waals surface area contributed by atoms with Gasteiger partial charge in [0, 0.05) is 28.8 Å². The van der Waals surface area contributed by atoms with E-state index in [1.54, 1.807) is 0 Å². The third kappa shape index (κ3) is 5.38. The average molecular weight is 576 g/mol. The van der Waals surface area contributed by atoms with Crippen LogP contribution < -0.4 is 4.67 Å². The minimum absolute atomic E-state index is 0.651. The standard InChI is InChI=1S/C41H27N4/c1-3-8-32(9-4-1)39-43-40(33-10-5-2-6-11-33)45-41(44-39)34-21-15-29(16-22-34)36-24-18-30-17-23-35(26-37(30)27-36)28-13-19-31(20-14-28)38-12-7-25-42-38/h1-27H/q+1. The summed E-state index contributed by atoms with van der Waals surface area (Å²) in [4.78, 5) is 14.6. The molecule has 0 bridgehead atoms. The Morgan fingerprint density at radius 3 is 1.24 bits per heavy atom. The van der Waals surface area contributed by atoms with Crippen LogP contribution in [0.3, 0.4) is 0 Å². The number of aromatic nitrogens is 3. The number of rotatable bonds is 6. The molecule has 1 aliphatic rings. The second-order valence-electron chi connectivity index (χ2n) is 11.0. The zero-order chi connectivity index (χ0) is 30.0. The normalized spacial score (nSPS) is 12.0. The number of fused-ring (bicyclic) bond motifs is 1. The molecule has 0 saturated heterocycles. The number of nitrogens with zero attached hydrogens (tertiary/aromatic N) is 4. The molecule has 0 fully saturated rings. The number of hydrogen-bond donors (Lipinski definition) is 0. The fraction of sp³-hybridized carbons (Fsp3) is 0. The Hall–Kier alpha value is -6.22. The van der Waals surface area contributed by atoms with Crippen molar-refractivity contribution in [2.45, 2.75) is 0 Å². The molecule has 0 amide bonds. The van der Waals surface area contributed by atoms with Crippen LogP contribution in [0.2, 0.25) is 0 Å². The van der Waals surface area contributed by atoms with Crippen molar-refractivity contribution in [3.63, 3.8) is 0 Å². The van der Waals surface area contributed by atoms with Crippen molar-refractivity contribution < 1.29 is 0 Å². The summed E-state index contributed by atoms with van der Waals surface area (Å²) < 4.78 is 4.41. The van der Waals surface area contributed by atoms with Crippen molar-refractivity contribution in [1.82, 2.24) is 19.6 Å². The summed E-state index contributed by atoms with van der Waals surface area (Å²) in [6.45, 7) is 0. The first kappa shape index (κ1) is 26.4. The summed E-state index contributed by atoms with van der Waals surface area (Å²) in [6.07, 6.45) is 5.83. The molecule has 1 aromatic heterocycles. The Balaban J connectivity index is 1.11. The fourth-order valence-electron chi connectivity index (χ4n) is 5.66. The van der Waals surface area contributed by atoms with E-state index in [0.717, 1.165) is 39.1 Å². The Bertz CT molecular complexity index is 2200. The third-order valence-electron chi connectivity index (χ3n) is 8.08. The van der Waals surface area contributed by atoms with Crippen LogP contribution in [0.1, 0.15) is 5.56 Å². The van der Waals surface area contributed by atoms with Crippen LogP contribution >= 0.6 is 0 Å². The minimum Gasteiger partial charge on any atom is -0.208 e. The molecular weight excluding hydrogens is 548 g/mol. The molecule has 8 rings (SSSR count). The second-order valence-corrected chi connectivity index (χ2v) is 11.0. The van der Waals surface area contributed by atoms with Crippen molar-refractivity contribution in [1.29, 1.82) is 0 Å². The molecule has 4 heteroatoms. The van der Waals surface area contributed by atoms with Crippen LogP contribution in [0.5, 0.6) is 0 Å². The first-order valence-electron chi connectivity index (χ1n) is 15.0. The zero-order valence-electron chi connectivity index (χ0n) is 24.4. The molecule has 0 saturated carbocycles. The average Bonchev–Trinajstić information content (AvgIpc) is 3.67. The largest absolute Gasteiger partial charge is 0.334 e. The summed E-state index contributed by atoms with van der Waals surface area (Å²) in [5.74, 6) is 1.97. The highest BCUT2D eigenvalue weighted by atomic mass is 15.0. The maximum absolute atomic E-state index is 4.88. The summed E-state index contributed by atoms with van der Waals surface area (Å²) in [5, 5.41) is 2.41. The molecule has 0 spiro atoms. The van der Waals surface area contributed by atoms with Gasteiger partial charge in [0.25, 0.3) is 6.21 Å². The van der Waals surface area contributed by atoms with E-state index in [9.17, 15) is 0 Å². The molecule has 2 heterocycles. The lowest BCUT2D eigenvalue weighted by Crippen LogP contribution is -2.00. The van der Waals surface area contributed by atoms with Gasteiger partial charge in [0.05, 0.1) is 5.56 Å². The minimum atomic E-state index is 0.651. The van der Waals surface area contributed by atoms with Crippen LogP contribution in [-0.4, -0.2) is 26.9 Å². The van der Waals surface area contributed by atoms with E-state index in [1.165, 1.54) is 21.9 Å². The molecule has 1 aliphatic heterocycles. The predicted octanol–water partition coefficient (Wildman–Crippen LogP) is 8.86. The predicted molar refractivity (Wildman–Crippen MR) is 186 cm³/mol. The van der Waals surface area contributed by atoms with Gasteiger partial charge in [-0.25, -0.2) is 15.0 Å². The van der Waals surface area contributed by atoms with Crippen molar-refractivity contribution in [2.75, 3.05) is 0 Å². The SMILES string of the molecule is C1=CC(c2ccc(-c3ccc4ccc(-c5ccc(-c6nc(-c7ccccc7)nc(-c7ccccc7)n6)cc5)cc4c3)cc2)=[N+]=C1. The van der Waals surface area contributed by atoms with E-state index < -0.39 is 0 Å². The van der Waals surface area contributed by atoms with E-state index in [1.807, 2.05) is 79.0 Å². The smallest absolute Gasteiger partial charge is 0.208 e. The fourth-order valence-corrected chi connectivity index (χ4v) is 5.66. The van der Waals surface area contributed by atoms with Gasteiger partial charge in [-0.3, -0.25) is 0 Å². The van der Waals surface area contributed by atoms with E-state index in [-0.39, 0.29) is 0 Å². The summed E-state index contributed by atoms with van der Waals surface area (Å²) in [7, 11) is 0. The number of hydrogen-bond acceptors (Lipinski definition) is 3. The summed E-state index contributed by atoms with van der Waals surface area (Å²) in [5.41, 5.74) is 9.66. The van der Waals surface area contributed by atoms with Gasteiger partial charge in [-0.15, -0.1) is 0 Å². The Labute approximate surface area is 261 Å². The molecule has 0 radical (unpaired) electrons. The molecule has 0 N–H and O–H groups in total. The first-order valence-corrected chi connectivity index (χ1v) is 15.0. The van der Waals surface area contributed by atoms with E-state index in [0.29, 0.717) is 17.5 Å². The van der Waals surface area contributed by atoms with Gasteiger partial charge in [0.15, 0.2) is 17.5 Å². The Morgan fingerprint density at radius 1 is 0.356 bits per heavy atom. The summed E-state index contributed by atoms with van der Waals surface area (Å²) >= 11 is 0. The highest BCUT2D eigenvalue weighted by molar-refractivity contribution is 6.13. The number of benzene rings is 6. The molecule has 0 atom stereocenters. The summed E-state index contributed by atoms with van der Waals surface area (Å²) in [6, 6.07) is 50.5. The molecule has 210 valence electrons. The Morgan fingerprint density at radius 2 is 0.778 bits per heavy atom. The highest BCUT2D eigenvalue weighted by Crippen LogP contribution is 2.31. The van der Waals surface area contributed by atoms with Gasteiger partial charge >= 0.3 is 5.71 Å². The van der Waals surface area contributed by atoms with Gasteiger partial charge in [0.2, 0.25) is 0 Å². The van der Waals surface area contributed by atoms with Gasteiger partial charge < -0.3 is 0 Å². The van der Waals surface area contributed by atoms with E-state index >= 15 is 0 Å². The van der Waals surface area contributed by atoms with Crippen molar-refractivity contribution in [3.8, 4) is 56.4 Å². The molecule has 0 aliphatic carbocycles. The highest BCUT2D eigenvalue weighted by Gasteiger charge is 2.14. The molecule has 7 aromatic rings. The molecule has 4 nitrogen and oxygen atoms in total. The van der Waals surface area contributed by atoms with Gasteiger partial charge in [-0.2, -0.15) is 0 Å². The van der Waals surface area contributed by atoms with Crippen LogP contribution in [-0.2, 0) is 0 Å². The van der Waals surface area contributed by atoms with Gasteiger partial charge in [0.1, 0.15) is 0 Å². The van der Waals surface area contributed by atoms with Gasteiger partial charge in [-0.1, -0.05) is 126 Å². The zero-order valence-corrected chi connectivity index (χ0v) is 24.4. The van der Waals surface area contributed by atoms with Crippen LogP contribution in [0, 0.1) is 0 Å². The lowest BCUT2D eigenvalue weighted by molar-refractivity contribution is 1.07. The van der Waals surface area contributed by atoms with E-state index in [2.05, 4.69) is 89.6 Å². The van der Waals surface area contributed by atoms with Gasteiger partial charge in [-0.05, 0) is 57.3 Å². The van der Waals surface area contributed by atoms with Crippen LogP contribution in [0.4, 0.5) is 0 Å². The van der Waals surface area contributed by atoms with Crippen LogP contribution in [0.15, 0.2) is 158 Å². The van der Waals surface area contributed by atoms with Crippen molar-refractivity contribution >= 4 is 22.7 Å². The topological polar surface area (TPSA) is 52.8 Å². The maximum Gasteiger partial charge on any atom is 0.334 e. The molecular formula is C41H27N4+. The first-order chi connectivity index (χ1) is 22.3. The lowest BCUT2D eigenvalue weighted by atomic mass is 9.96. The molecule has 6 aromatic carbocycles. The molecule has 0 unspecified atom stereocenters. The quantitative estimate of drug-likeness (QED) is 0.186. The lowest BCUT2D eigenvalue weighted by Gasteiger charge is -2.10. The van der Waals surface area contributed by atoms with Crippen molar-refractivity contribution in [2.24, 2.45) is 0 Å². The Kier molecular flexibility index (Phi) is 6.73. The van der Waals surface area contributed by atoms with Crippen LogP contribution in [0.25, 0.3) is 67.2 Å². The maximum atomic E-state index is 4.88. The second kappa shape index (κ2) is 11.5. The van der Waals surface area contributed by atoms with Crippen molar-refractivity contribution in [3.05, 3.63) is 163 Å². The monoisotopic (exact) mass is 575 g/mol. The number of allylic oxidation sites excluding steroid dienone is 2.